The molecule has 1 aliphatic carbocycles. The van der Waals surface area contributed by atoms with Gasteiger partial charge >= 0.3 is 0 Å². The van der Waals surface area contributed by atoms with Gasteiger partial charge in [0.2, 0.25) is 0 Å². The highest BCUT2D eigenvalue weighted by Gasteiger charge is 2.48. The lowest BCUT2D eigenvalue weighted by atomic mass is 9.70. The number of rotatable bonds is 12. The molecular weight excluding hydrogens is 380 g/mol. The maximum Gasteiger partial charge on any atom is 0.111 e. The van der Waals surface area contributed by atoms with E-state index < -0.39 is 6.10 Å². The Morgan fingerprint density at radius 3 is 2.65 bits per heavy atom. The Balaban J connectivity index is 1.83. The summed E-state index contributed by atoms with van der Waals surface area (Å²) >= 11 is 0. The highest BCUT2D eigenvalue weighted by atomic mass is 16.5. The Bertz CT molecular complexity index is 670. The van der Waals surface area contributed by atoms with Crippen LogP contribution in [0.3, 0.4) is 0 Å². The van der Waals surface area contributed by atoms with Gasteiger partial charge in [-0.2, -0.15) is 0 Å². The van der Waals surface area contributed by atoms with Crippen LogP contribution in [0.4, 0.5) is 0 Å². The first-order chi connectivity index (χ1) is 14.7. The highest BCUT2D eigenvalue weighted by Crippen LogP contribution is 2.50. The van der Waals surface area contributed by atoms with Crippen LogP contribution < -0.4 is 0 Å². The van der Waals surface area contributed by atoms with Crippen LogP contribution in [0.2, 0.25) is 0 Å². The lowest BCUT2D eigenvalue weighted by molar-refractivity contribution is -0.144. The van der Waals surface area contributed by atoms with Crippen LogP contribution in [0.5, 0.6) is 0 Å². The van der Waals surface area contributed by atoms with Gasteiger partial charge in [0.1, 0.15) is 5.60 Å². The molecule has 4 atom stereocenters. The molecule has 0 amide bonds. The van der Waals surface area contributed by atoms with Crippen molar-refractivity contribution in [2.75, 3.05) is 0 Å². The first-order valence-electron chi connectivity index (χ1n) is 13.1. The van der Waals surface area contributed by atoms with E-state index >= 15 is 0 Å². The predicted octanol–water partition coefficient (Wildman–Crippen LogP) is 8.45. The van der Waals surface area contributed by atoms with Crippen molar-refractivity contribution in [3.8, 4) is 0 Å². The largest absolute Gasteiger partial charge is 0.385 e. The minimum atomic E-state index is -0.437. The van der Waals surface area contributed by atoms with Crippen LogP contribution in [0.15, 0.2) is 34.4 Å². The molecule has 1 heterocycles. The van der Waals surface area contributed by atoms with Gasteiger partial charge in [0, 0.05) is 0 Å². The van der Waals surface area contributed by atoms with Crippen molar-refractivity contribution in [3.05, 3.63) is 34.4 Å². The van der Waals surface area contributed by atoms with Gasteiger partial charge in [-0.05, 0) is 108 Å². The average molecular weight is 431 g/mol. The Morgan fingerprint density at radius 1 is 1.23 bits per heavy atom. The third-order valence-corrected chi connectivity index (χ3v) is 8.09. The van der Waals surface area contributed by atoms with Crippen LogP contribution in [0, 0.1) is 5.92 Å². The SMILES string of the molecule is CCCCC/C(C)=C/CCC(C)CCCC1(C)CCC2=CC(O)C(C)=C(C)C2(CC)O1. The molecule has 1 saturated heterocycles. The smallest absolute Gasteiger partial charge is 0.111 e. The Morgan fingerprint density at radius 2 is 1.97 bits per heavy atom. The van der Waals surface area contributed by atoms with Crippen LogP contribution in [-0.2, 0) is 4.74 Å². The van der Waals surface area contributed by atoms with Gasteiger partial charge in [-0.3, -0.25) is 0 Å². The quantitative estimate of drug-likeness (QED) is 0.248. The molecule has 2 nitrogen and oxygen atoms in total. The molecule has 1 aliphatic heterocycles. The standard InChI is InChI=1S/C29H50O2/c1-8-10-11-14-22(3)15-12-16-23(4)17-13-19-28(7)20-18-26-21-27(30)24(5)25(6)29(26,9-2)31-28/h15,21,23,27,30H,8-14,16-20H2,1-7H3/b22-15+. The summed E-state index contributed by atoms with van der Waals surface area (Å²) in [7, 11) is 0. The van der Waals surface area contributed by atoms with Gasteiger partial charge < -0.3 is 9.84 Å². The van der Waals surface area contributed by atoms with Crippen molar-refractivity contribution in [2.45, 2.75) is 143 Å². The number of allylic oxidation sites excluding steroid dienone is 2. The van der Waals surface area contributed by atoms with E-state index in [9.17, 15) is 5.11 Å². The fourth-order valence-corrected chi connectivity index (χ4v) is 5.61. The first-order valence-corrected chi connectivity index (χ1v) is 13.1. The second-order valence-electron chi connectivity index (χ2n) is 10.8. The number of aliphatic hydroxyl groups excluding tert-OH is 1. The summed E-state index contributed by atoms with van der Waals surface area (Å²) in [6.45, 7) is 15.8. The third kappa shape index (κ3) is 6.81. The second kappa shape index (κ2) is 11.8. The fraction of sp³-hybridized carbons (Fsp3) is 0.793. The van der Waals surface area contributed by atoms with Gasteiger partial charge in [0.05, 0.1) is 11.7 Å². The predicted molar refractivity (Wildman–Crippen MR) is 134 cm³/mol. The maximum absolute atomic E-state index is 10.4. The lowest BCUT2D eigenvalue weighted by Crippen LogP contribution is -2.51. The van der Waals surface area contributed by atoms with Crippen LogP contribution in [-0.4, -0.2) is 22.4 Å². The highest BCUT2D eigenvalue weighted by molar-refractivity contribution is 5.44. The van der Waals surface area contributed by atoms with E-state index in [1.165, 1.54) is 62.5 Å². The number of hydrogen-bond donors (Lipinski definition) is 1. The molecule has 0 aromatic carbocycles. The van der Waals surface area contributed by atoms with Crippen molar-refractivity contribution in [3.63, 3.8) is 0 Å². The average Bonchev–Trinajstić information content (AvgIpc) is 2.73. The lowest BCUT2D eigenvalue weighted by Gasteiger charge is -2.51. The van der Waals surface area contributed by atoms with Crippen molar-refractivity contribution in [2.24, 2.45) is 5.92 Å². The number of fused-ring (bicyclic) bond motifs is 1. The summed E-state index contributed by atoms with van der Waals surface area (Å²) in [4.78, 5) is 0. The molecular formula is C29H50O2. The summed E-state index contributed by atoms with van der Waals surface area (Å²) in [5.74, 6) is 0.774. The molecule has 0 aromatic heterocycles. The van der Waals surface area contributed by atoms with Gasteiger partial charge in [-0.15, -0.1) is 0 Å². The Hall–Kier alpha value is -0.860. The summed E-state index contributed by atoms with van der Waals surface area (Å²) in [6.07, 6.45) is 18.6. The van der Waals surface area contributed by atoms with Crippen molar-refractivity contribution < 1.29 is 9.84 Å². The topological polar surface area (TPSA) is 29.5 Å². The van der Waals surface area contributed by atoms with Gasteiger partial charge in [0.25, 0.3) is 0 Å². The fourth-order valence-electron chi connectivity index (χ4n) is 5.61. The number of hydrogen-bond acceptors (Lipinski definition) is 2. The minimum Gasteiger partial charge on any atom is -0.385 e. The van der Waals surface area contributed by atoms with E-state index in [2.05, 4.69) is 60.6 Å². The molecule has 0 aromatic rings. The summed E-state index contributed by atoms with van der Waals surface area (Å²) in [6, 6.07) is 0. The molecule has 2 heteroatoms. The van der Waals surface area contributed by atoms with Crippen molar-refractivity contribution >= 4 is 0 Å². The monoisotopic (exact) mass is 430 g/mol. The van der Waals surface area contributed by atoms with Crippen LogP contribution >= 0.6 is 0 Å². The van der Waals surface area contributed by atoms with Crippen molar-refractivity contribution in [1.29, 1.82) is 0 Å². The van der Waals surface area contributed by atoms with E-state index in [1.807, 2.05) is 0 Å². The molecule has 2 rings (SSSR count). The van der Waals surface area contributed by atoms with Gasteiger partial charge in [-0.25, -0.2) is 0 Å². The van der Waals surface area contributed by atoms with Gasteiger partial charge in [-0.1, -0.05) is 58.1 Å². The zero-order valence-corrected chi connectivity index (χ0v) is 21.7. The van der Waals surface area contributed by atoms with E-state index in [4.69, 9.17) is 4.74 Å². The number of aliphatic hydroxyl groups is 1. The molecule has 31 heavy (non-hydrogen) atoms. The minimum absolute atomic E-state index is 0.0628. The molecule has 1 fully saturated rings. The molecule has 0 bridgehead atoms. The van der Waals surface area contributed by atoms with Crippen LogP contribution in [0.1, 0.15) is 126 Å². The van der Waals surface area contributed by atoms with Crippen LogP contribution in [0.25, 0.3) is 0 Å². The summed E-state index contributed by atoms with van der Waals surface area (Å²) in [5, 5.41) is 10.4. The molecule has 4 unspecified atom stereocenters. The zero-order valence-electron chi connectivity index (χ0n) is 21.7. The first kappa shape index (κ1) is 26.4. The van der Waals surface area contributed by atoms with Crippen molar-refractivity contribution in [1.82, 2.24) is 0 Å². The summed E-state index contributed by atoms with van der Waals surface area (Å²) in [5.41, 5.74) is 4.84. The van der Waals surface area contributed by atoms with E-state index in [0.29, 0.717) is 0 Å². The molecule has 0 saturated carbocycles. The Labute approximate surface area is 193 Å². The number of ether oxygens (including phenoxy) is 1. The maximum atomic E-state index is 10.4. The second-order valence-corrected chi connectivity index (χ2v) is 10.8. The normalized spacial score (nSPS) is 30.3. The van der Waals surface area contributed by atoms with E-state index in [0.717, 1.165) is 37.2 Å². The molecule has 2 aliphatic rings. The molecule has 1 N–H and O–H groups in total. The van der Waals surface area contributed by atoms with E-state index in [-0.39, 0.29) is 11.2 Å². The Kier molecular flexibility index (Phi) is 10.1. The zero-order chi connectivity index (χ0) is 23.1. The molecule has 0 spiro atoms. The molecule has 0 radical (unpaired) electrons. The molecule has 178 valence electrons. The van der Waals surface area contributed by atoms with E-state index in [1.54, 1.807) is 5.57 Å². The number of unbranched alkanes of at least 4 members (excludes halogenated alkanes) is 2. The third-order valence-electron chi connectivity index (χ3n) is 8.09. The van der Waals surface area contributed by atoms with Gasteiger partial charge in [0.15, 0.2) is 0 Å². The summed E-state index contributed by atoms with van der Waals surface area (Å²) < 4.78 is 6.94.